The Morgan fingerprint density at radius 3 is 2.32 bits per heavy atom. The third-order valence-corrected chi connectivity index (χ3v) is 4.11. The number of carbonyl (C=O) groups excluding carboxylic acids is 1. The normalized spacial score (nSPS) is 10.8. The van der Waals surface area contributed by atoms with Crippen LogP contribution < -0.4 is 4.74 Å². The van der Waals surface area contributed by atoms with Gasteiger partial charge < -0.3 is 4.74 Å². The van der Waals surface area contributed by atoms with Crippen LogP contribution >= 0.6 is 23.2 Å². The van der Waals surface area contributed by atoms with Crippen molar-refractivity contribution in [3.05, 3.63) is 74.9 Å². The summed E-state index contributed by atoms with van der Waals surface area (Å²) in [6.45, 7) is 5.85. The van der Waals surface area contributed by atoms with Gasteiger partial charge in [-0.15, -0.1) is 0 Å². The van der Waals surface area contributed by atoms with Crippen LogP contribution in [-0.4, -0.2) is 15.7 Å². The highest BCUT2D eigenvalue weighted by Gasteiger charge is 2.17. The molecule has 1 heterocycles. The summed E-state index contributed by atoms with van der Waals surface area (Å²) in [5.41, 5.74) is 4.06. The third kappa shape index (κ3) is 3.86. The molecule has 0 aliphatic carbocycles. The molecule has 0 aliphatic heterocycles. The number of hydrogen-bond acceptors (Lipinski definition) is 3. The van der Waals surface area contributed by atoms with Crippen LogP contribution in [0.3, 0.4) is 0 Å². The summed E-state index contributed by atoms with van der Waals surface area (Å²) < 4.78 is 7.17. The Morgan fingerprint density at radius 2 is 1.68 bits per heavy atom. The summed E-state index contributed by atoms with van der Waals surface area (Å²) in [5, 5.41) is 5.19. The van der Waals surface area contributed by atoms with E-state index in [1.54, 1.807) is 16.8 Å². The number of hydrogen-bond donors (Lipinski definition) is 0. The van der Waals surface area contributed by atoms with E-state index in [-0.39, 0.29) is 5.56 Å². The highest BCUT2D eigenvalue weighted by molar-refractivity contribution is 6.35. The van der Waals surface area contributed by atoms with Crippen molar-refractivity contribution < 1.29 is 9.53 Å². The molecule has 2 aromatic carbocycles. The van der Waals surface area contributed by atoms with Gasteiger partial charge in [0.15, 0.2) is 0 Å². The van der Waals surface area contributed by atoms with Gasteiger partial charge in [-0.3, -0.25) is 0 Å². The van der Waals surface area contributed by atoms with Crippen LogP contribution in [0.4, 0.5) is 0 Å². The Hall–Kier alpha value is -2.30. The zero-order chi connectivity index (χ0) is 18.1. The SMILES string of the molecule is Cc1ccc(-n2nc(C)cc2OC(=O)c2cc(Cl)cc(Cl)c2)c(C)c1. The first-order valence-corrected chi connectivity index (χ1v) is 8.41. The topological polar surface area (TPSA) is 44.1 Å². The van der Waals surface area contributed by atoms with E-state index in [0.717, 1.165) is 22.5 Å². The Morgan fingerprint density at radius 1 is 1.00 bits per heavy atom. The fraction of sp³-hybridized carbons (Fsp3) is 0.158. The molecule has 0 unspecified atom stereocenters. The number of halogens is 2. The minimum Gasteiger partial charge on any atom is -0.404 e. The van der Waals surface area contributed by atoms with E-state index in [2.05, 4.69) is 11.2 Å². The molecule has 0 radical (unpaired) electrons. The average molecular weight is 375 g/mol. The van der Waals surface area contributed by atoms with Crippen molar-refractivity contribution in [1.82, 2.24) is 9.78 Å². The van der Waals surface area contributed by atoms with E-state index in [9.17, 15) is 4.79 Å². The molecule has 0 saturated heterocycles. The summed E-state index contributed by atoms with van der Waals surface area (Å²) in [6.07, 6.45) is 0. The second-order valence-corrected chi connectivity index (χ2v) is 6.75. The van der Waals surface area contributed by atoms with Crippen LogP contribution in [0.1, 0.15) is 27.2 Å². The monoisotopic (exact) mass is 374 g/mol. The number of esters is 1. The van der Waals surface area contributed by atoms with Crippen molar-refractivity contribution in [3.63, 3.8) is 0 Å². The summed E-state index contributed by atoms with van der Waals surface area (Å²) >= 11 is 11.9. The minimum absolute atomic E-state index is 0.281. The van der Waals surface area contributed by atoms with E-state index < -0.39 is 5.97 Å². The van der Waals surface area contributed by atoms with Crippen LogP contribution in [0, 0.1) is 20.8 Å². The molecule has 25 heavy (non-hydrogen) atoms. The molecule has 0 saturated carbocycles. The Bertz CT molecular complexity index is 944. The van der Waals surface area contributed by atoms with Crippen molar-refractivity contribution >= 4 is 29.2 Å². The molecule has 3 rings (SSSR count). The van der Waals surface area contributed by atoms with Gasteiger partial charge in [0.05, 0.1) is 16.9 Å². The third-order valence-electron chi connectivity index (χ3n) is 3.67. The standard InChI is InChI=1S/C19H16Cl2N2O2/c1-11-4-5-17(12(2)6-11)23-18(7-13(3)22-23)25-19(24)14-8-15(20)10-16(21)9-14/h4-10H,1-3H3. The van der Waals surface area contributed by atoms with Crippen molar-refractivity contribution in [3.8, 4) is 11.6 Å². The fourth-order valence-corrected chi connectivity index (χ4v) is 3.12. The predicted molar refractivity (Wildman–Crippen MR) is 99.2 cm³/mol. The van der Waals surface area contributed by atoms with Gasteiger partial charge in [0.1, 0.15) is 0 Å². The van der Waals surface area contributed by atoms with Crippen LogP contribution in [0.2, 0.25) is 10.0 Å². The van der Waals surface area contributed by atoms with Gasteiger partial charge in [0.25, 0.3) is 0 Å². The van der Waals surface area contributed by atoms with Gasteiger partial charge in [-0.1, -0.05) is 40.9 Å². The van der Waals surface area contributed by atoms with Crippen LogP contribution in [-0.2, 0) is 0 Å². The Labute approximate surface area is 155 Å². The molecule has 3 aromatic rings. The molecule has 0 spiro atoms. The maximum Gasteiger partial charge on any atom is 0.344 e. The van der Waals surface area contributed by atoms with Crippen LogP contribution in [0.15, 0.2) is 42.5 Å². The fourth-order valence-electron chi connectivity index (χ4n) is 2.59. The second-order valence-electron chi connectivity index (χ2n) is 5.87. The molecular weight excluding hydrogens is 359 g/mol. The van der Waals surface area contributed by atoms with Crippen molar-refractivity contribution in [1.29, 1.82) is 0 Å². The molecule has 6 heteroatoms. The molecule has 0 bridgehead atoms. The molecule has 0 atom stereocenters. The quantitative estimate of drug-likeness (QED) is 0.582. The summed E-state index contributed by atoms with van der Waals surface area (Å²) in [7, 11) is 0. The van der Waals surface area contributed by atoms with Gasteiger partial charge in [-0.25, -0.2) is 9.48 Å². The Kier molecular flexibility index (Phi) is 4.84. The summed E-state index contributed by atoms with van der Waals surface area (Å²) in [5.74, 6) is -0.208. The van der Waals surface area contributed by atoms with Gasteiger partial charge in [-0.05, 0) is 50.6 Å². The van der Waals surface area contributed by atoms with Crippen molar-refractivity contribution in [2.24, 2.45) is 0 Å². The van der Waals surface area contributed by atoms with E-state index in [4.69, 9.17) is 27.9 Å². The Balaban J connectivity index is 1.97. The second kappa shape index (κ2) is 6.90. The number of rotatable bonds is 3. The molecule has 128 valence electrons. The van der Waals surface area contributed by atoms with Gasteiger partial charge in [0, 0.05) is 16.1 Å². The molecular formula is C19H16Cl2N2O2. The number of ether oxygens (including phenoxy) is 1. The highest BCUT2D eigenvalue weighted by Crippen LogP contribution is 2.25. The first-order valence-electron chi connectivity index (χ1n) is 7.66. The summed E-state index contributed by atoms with van der Waals surface area (Å²) in [6, 6.07) is 12.3. The maximum atomic E-state index is 12.5. The summed E-state index contributed by atoms with van der Waals surface area (Å²) in [4.78, 5) is 12.5. The zero-order valence-electron chi connectivity index (χ0n) is 14.0. The lowest BCUT2D eigenvalue weighted by molar-refractivity contribution is 0.0723. The number of aromatic nitrogens is 2. The molecule has 4 nitrogen and oxygen atoms in total. The minimum atomic E-state index is -0.546. The van der Waals surface area contributed by atoms with Crippen LogP contribution in [0.5, 0.6) is 5.88 Å². The number of benzene rings is 2. The number of carbonyl (C=O) groups is 1. The average Bonchev–Trinajstić information content (AvgIpc) is 2.86. The molecule has 0 N–H and O–H groups in total. The predicted octanol–water partition coefficient (Wildman–Crippen LogP) is 5.32. The van der Waals surface area contributed by atoms with E-state index in [1.807, 2.05) is 32.9 Å². The zero-order valence-corrected chi connectivity index (χ0v) is 15.5. The van der Waals surface area contributed by atoms with Crippen LogP contribution in [0.25, 0.3) is 5.69 Å². The van der Waals surface area contributed by atoms with Gasteiger partial charge in [0.2, 0.25) is 5.88 Å². The first-order chi connectivity index (χ1) is 11.8. The van der Waals surface area contributed by atoms with E-state index >= 15 is 0 Å². The smallest absolute Gasteiger partial charge is 0.344 e. The highest BCUT2D eigenvalue weighted by atomic mass is 35.5. The first kappa shape index (κ1) is 17.5. The molecule has 0 fully saturated rings. The molecule has 1 aromatic heterocycles. The number of nitrogens with zero attached hydrogens (tertiary/aromatic N) is 2. The lowest BCUT2D eigenvalue weighted by atomic mass is 10.1. The largest absolute Gasteiger partial charge is 0.404 e. The van der Waals surface area contributed by atoms with E-state index in [1.165, 1.54) is 12.1 Å². The lowest BCUT2D eigenvalue weighted by Crippen LogP contribution is -2.12. The van der Waals surface area contributed by atoms with Gasteiger partial charge >= 0.3 is 5.97 Å². The van der Waals surface area contributed by atoms with Crippen molar-refractivity contribution in [2.75, 3.05) is 0 Å². The van der Waals surface area contributed by atoms with Crippen molar-refractivity contribution in [2.45, 2.75) is 20.8 Å². The van der Waals surface area contributed by atoms with E-state index in [0.29, 0.717) is 15.9 Å². The molecule has 0 amide bonds. The van der Waals surface area contributed by atoms with Gasteiger partial charge in [-0.2, -0.15) is 5.10 Å². The molecule has 0 aliphatic rings. The maximum absolute atomic E-state index is 12.5. The number of aryl methyl sites for hydroxylation is 3. The lowest BCUT2D eigenvalue weighted by Gasteiger charge is -2.11.